The monoisotopic (exact) mass is 193 g/mol. The van der Waals surface area contributed by atoms with E-state index in [1.54, 1.807) is 12.1 Å². The Morgan fingerprint density at radius 3 is 2.36 bits per heavy atom. The lowest BCUT2D eigenvalue weighted by Gasteiger charge is -2.05. The highest BCUT2D eigenvalue weighted by atomic mass is 16.7. The molecular weight excluding hydrogens is 178 g/mol. The second-order valence-corrected chi connectivity index (χ2v) is 3.70. The first-order valence-electron chi connectivity index (χ1n) is 4.63. The van der Waals surface area contributed by atoms with Crippen molar-refractivity contribution in [3.63, 3.8) is 0 Å². The first-order chi connectivity index (χ1) is 6.63. The van der Waals surface area contributed by atoms with Gasteiger partial charge in [0.2, 0.25) is 0 Å². The highest BCUT2D eigenvalue weighted by Crippen LogP contribution is 2.10. The number of carbonyl (C=O) groups is 1. The van der Waals surface area contributed by atoms with Crippen molar-refractivity contribution in [2.75, 3.05) is 0 Å². The van der Waals surface area contributed by atoms with Crippen LogP contribution in [0.3, 0.4) is 0 Å². The molecule has 0 atom stereocenters. The Morgan fingerprint density at radius 2 is 1.93 bits per heavy atom. The van der Waals surface area contributed by atoms with Gasteiger partial charge in [-0.2, -0.15) is 5.90 Å². The summed E-state index contributed by atoms with van der Waals surface area (Å²) in [7, 11) is 0. The van der Waals surface area contributed by atoms with Gasteiger partial charge in [0, 0.05) is 0 Å². The molecular formula is C11H15NO2. The topological polar surface area (TPSA) is 52.3 Å². The SMILES string of the molecule is CC(C)Cc1ccc(C(=O)ON)cc1. The van der Waals surface area contributed by atoms with Gasteiger partial charge in [-0.25, -0.2) is 4.79 Å². The number of carbonyl (C=O) groups excluding carboxylic acids is 1. The van der Waals surface area contributed by atoms with E-state index in [0.29, 0.717) is 11.5 Å². The fourth-order valence-corrected chi connectivity index (χ4v) is 1.32. The van der Waals surface area contributed by atoms with Crippen molar-refractivity contribution >= 4 is 5.97 Å². The van der Waals surface area contributed by atoms with Gasteiger partial charge in [-0.15, -0.1) is 0 Å². The molecule has 0 saturated heterocycles. The molecule has 0 aliphatic heterocycles. The average Bonchev–Trinajstić information content (AvgIpc) is 2.17. The van der Waals surface area contributed by atoms with E-state index >= 15 is 0 Å². The van der Waals surface area contributed by atoms with Crippen LogP contribution in [0.25, 0.3) is 0 Å². The maximum absolute atomic E-state index is 11.0. The van der Waals surface area contributed by atoms with E-state index in [4.69, 9.17) is 5.90 Å². The van der Waals surface area contributed by atoms with Crippen molar-refractivity contribution in [1.29, 1.82) is 0 Å². The Balaban J connectivity index is 2.73. The molecule has 14 heavy (non-hydrogen) atoms. The van der Waals surface area contributed by atoms with Crippen molar-refractivity contribution in [2.45, 2.75) is 20.3 Å². The molecule has 76 valence electrons. The predicted molar refractivity (Wildman–Crippen MR) is 54.6 cm³/mol. The zero-order chi connectivity index (χ0) is 10.6. The average molecular weight is 193 g/mol. The zero-order valence-electron chi connectivity index (χ0n) is 8.49. The number of hydrogen-bond donors (Lipinski definition) is 1. The summed E-state index contributed by atoms with van der Waals surface area (Å²) in [6, 6.07) is 7.30. The second kappa shape index (κ2) is 4.77. The largest absolute Gasteiger partial charge is 0.370 e. The molecule has 0 unspecified atom stereocenters. The predicted octanol–water partition coefficient (Wildman–Crippen LogP) is 1.92. The molecule has 2 N–H and O–H groups in total. The fraction of sp³-hybridized carbons (Fsp3) is 0.364. The summed E-state index contributed by atoms with van der Waals surface area (Å²) in [4.78, 5) is 15.1. The third-order valence-electron chi connectivity index (χ3n) is 1.94. The van der Waals surface area contributed by atoms with Crippen molar-refractivity contribution in [1.82, 2.24) is 0 Å². The van der Waals surface area contributed by atoms with Crippen LogP contribution in [-0.2, 0) is 11.3 Å². The summed E-state index contributed by atoms with van der Waals surface area (Å²) in [5.41, 5.74) is 1.70. The minimum Gasteiger partial charge on any atom is -0.370 e. The Kier molecular flexibility index (Phi) is 3.65. The van der Waals surface area contributed by atoms with Gasteiger partial charge in [-0.05, 0) is 30.0 Å². The van der Waals surface area contributed by atoms with Crippen molar-refractivity contribution in [2.24, 2.45) is 11.8 Å². The van der Waals surface area contributed by atoms with E-state index in [2.05, 4.69) is 18.7 Å². The molecule has 0 spiro atoms. The maximum atomic E-state index is 11.0. The first-order valence-corrected chi connectivity index (χ1v) is 4.63. The number of rotatable bonds is 3. The lowest BCUT2D eigenvalue weighted by atomic mass is 10.0. The van der Waals surface area contributed by atoms with Crippen LogP contribution in [0.5, 0.6) is 0 Å². The molecule has 0 aromatic heterocycles. The van der Waals surface area contributed by atoms with E-state index in [0.717, 1.165) is 6.42 Å². The molecule has 1 aromatic carbocycles. The van der Waals surface area contributed by atoms with Crippen LogP contribution in [0.15, 0.2) is 24.3 Å². The quantitative estimate of drug-likeness (QED) is 0.746. The number of hydrogen-bond acceptors (Lipinski definition) is 3. The van der Waals surface area contributed by atoms with Gasteiger partial charge in [-0.3, -0.25) is 0 Å². The molecule has 0 amide bonds. The second-order valence-electron chi connectivity index (χ2n) is 3.70. The van der Waals surface area contributed by atoms with Crippen LogP contribution in [0, 0.1) is 5.92 Å². The summed E-state index contributed by atoms with van der Waals surface area (Å²) in [5, 5.41) is 0. The fourth-order valence-electron chi connectivity index (χ4n) is 1.32. The van der Waals surface area contributed by atoms with E-state index in [-0.39, 0.29) is 0 Å². The van der Waals surface area contributed by atoms with Crippen LogP contribution < -0.4 is 5.90 Å². The molecule has 0 bridgehead atoms. The number of benzene rings is 1. The van der Waals surface area contributed by atoms with Gasteiger partial charge < -0.3 is 4.84 Å². The Labute approximate surface area is 83.8 Å². The Morgan fingerprint density at radius 1 is 1.36 bits per heavy atom. The molecule has 0 fully saturated rings. The standard InChI is InChI=1S/C11H15NO2/c1-8(2)7-9-3-5-10(6-4-9)11(13)14-12/h3-6,8H,7,12H2,1-2H3. The summed E-state index contributed by atoms with van der Waals surface area (Å²) in [6.45, 7) is 4.31. The lowest BCUT2D eigenvalue weighted by Crippen LogP contribution is -2.10. The van der Waals surface area contributed by atoms with Crippen LogP contribution in [0.2, 0.25) is 0 Å². The van der Waals surface area contributed by atoms with Crippen LogP contribution in [-0.4, -0.2) is 5.97 Å². The molecule has 0 saturated carbocycles. The smallest absolute Gasteiger partial charge is 0.356 e. The van der Waals surface area contributed by atoms with Crippen LogP contribution in [0.1, 0.15) is 29.8 Å². The first kappa shape index (κ1) is 10.7. The summed E-state index contributed by atoms with van der Waals surface area (Å²) < 4.78 is 0. The van der Waals surface area contributed by atoms with Crippen molar-refractivity contribution < 1.29 is 9.63 Å². The maximum Gasteiger partial charge on any atom is 0.356 e. The minimum atomic E-state index is -0.499. The molecule has 3 nitrogen and oxygen atoms in total. The van der Waals surface area contributed by atoms with Crippen molar-refractivity contribution in [3.05, 3.63) is 35.4 Å². The van der Waals surface area contributed by atoms with E-state index < -0.39 is 5.97 Å². The highest BCUT2D eigenvalue weighted by molar-refractivity contribution is 5.89. The summed E-state index contributed by atoms with van der Waals surface area (Å²) in [5.74, 6) is 4.89. The summed E-state index contributed by atoms with van der Waals surface area (Å²) >= 11 is 0. The number of nitrogens with two attached hydrogens (primary N) is 1. The third-order valence-corrected chi connectivity index (χ3v) is 1.94. The molecule has 0 aliphatic carbocycles. The molecule has 0 heterocycles. The van der Waals surface area contributed by atoms with E-state index in [1.807, 2.05) is 12.1 Å². The van der Waals surface area contributed by atoms with Gasteiger partial charge in [0.05, 0.1) is 5.56 Å². The van der Waals surface area contributed by atoms with Gasteiger partial charge in [0.15, 0.2) is 0 Å². The van der Waals surface area contributed by atoms with Crippen molar-refractivity contribution in [3.8, 4) is 0 Å². The summed E-state index contributed by atoms with van der Waals surface area (Å²) in [6.07, 6.45) is 1.01. The molecule has 1 aromatic rings. The minimum absolute atomic E-state index is 0.486. The molecule has 1 rings (SSSR count). The molecule has 0 aliphatic rings. The molecule has 0 radical (unpaired) electrons. The lowest BCUT2D eigenvalue weighted by molar-refractivity contribution is 0.0503. The Hall–Kier alpha value is -1.35. The highest BCUT2D eigenvalue weighted by Gasteiger charge is 2.05. The Bertz CT molecular complexity index is 304. The van der Waals surface area contributed by atoms with Gasteiger partial charge >= 0.3 is 5.97 Å². The normalized spacial score (nSPS) is 10.3. The van der Waals surface area contributed by atoms with E-state index in [9.17, 15) is 4.79 Å². The van der Waals surface area contributed by atoms with Crippen LogP contribution >= 0.6 is 0 Å². The third kappa shape index (κ3) is 2.85. The van der Waals surface area contributed by atoms with Gasteiger partial charge in [-0.1, -0.05) is 26.0 Å². The van der Waals surface area contributed by atoms with Crippen LogP contribution in [0.4, 0.5) is 0 Å². The molecule has 3 heteroatoms. The van der Waals surface area contributed by atoms with Gasteiger partial charge in [0.25, 0.3) is 0 Å². The zero-order valence-corrected chi connectivity index (χ0v) is 8.49. The van der Waals surface area contributed by atoms with E-state index in [1.165, 1.54) is 5.56 Å². The van der Waals surface area contributed by atoms with Gasteiger partial charge in [0.1, 0.15) is 0 Å².